The molecule has 0 spiro atoms. The fraction of sp³-hybridized carbons (Fsp3) is 0.429. The predicted molar refractivity (Wildman–Crippen MR) is 172 cm³/mol. The van der Waals surface area contributed by atoms with E-state index in [0.717, 1.165) is 20.3 Å². The Morgan fingerprint density at radius 2 is 1.40 bits per heavy atom. The van der Waals surface area contributed by atoms with Crippen molar-refractivity contribution < 1.29 is 62.0 Å². The molecule has 0 saturated heterocycles. The summed E-state index contributed by atoms with van der Waals surface area (Å²) in [7, 11) is -2.81. The molecule has 0 aromatic heterocycles. The van der Waals surface area contributed by atoms with Crippen molar-refractivity contribution in [2.24, 2.45) is 0 Å². The number of methoxy groups -OCH3 is 2. The Hall–Kier alpha value is -3.13. The first-order valence-electron chi connectivity index (χ1n) is 13.9. The number of aliphatic hydroxyl groups excluding tert-OH is 2. The SMILES string of the molecule is COC(=O)C1=C[C@@H](O)[C@@H](O)[C@H](O[C@@](OP(=O)(OCCc2ccc([N+](=O)[O-])cc2)OCCc2ccc([N+](=O)[O-])cc2)(C(=O)OC)C(Br)Br)C1. The lowest BCUT2D eigenvalue weighted by Crippen LogP contribution is -2.56. The number of aliphatic hydroxyl groups is 2. The molecule has 0 amide bonds. The van der Waals surface area contributed by atoms with Crippen molar-refractivity contribution in [3.63, 3.8) is 0 Å². The Balaban J connectivity index is 1.92. The second-order valence-corrected chi connectivity index (χ2v) is 14.7. The van der Waals surface area contributed by atoms with Crippen LogP contribution >= 0.6 is 39.7 Å². The normalized spacial score (nSPS) is 19.2. The number of nitro groups is 2. The van der Waals surface area contributed by atoms with Gasteiger partial charge in [-0.05, 0) is 30.0 Å². The van der Waals surface area contributed by atoms with E-state index in [1.165, 1.54) is 48.5 Å². The number of benzene rings is 2. The van der Waals surface area contributed by atoms with E-state index >= 15 is 0 Å². The third-order valence-corrected chi connectivity index (χ3v) is 9.58. The largest absolute Gasteiger partial charge is 0.477 e. The summed E-state index contributed by atoms with van der Waals surface area (Å²) < 4.78 is 45.2. The van der Waals surface area contributed by atoms with Crippen LogP contribution in [0.2, 0.25) is 0 Å². The highest BCUT2D eigenvalue weighted by molar-refractivity contribution is 9.24. The summed E-state index contributed by atoms with van der Waals surface area (Å²) in [6, 6.07) is 10.9. The molecule has 1 aliphatic carbocycles. The van der Waals surface area contributed by atoms with Crippen LogP contribution in [0.5, 0.6) is 0 Å². The minimum atomic E-state index is -4.88. The van der Waals surface area contributed by atoms with Gasteiger partial charge in [0, 0.05) is 36.3 Å². The molecule has 0 fully saturated rings. The summed E-state index contributed by atoms with van der Waals surface area (Å²) in [4.78, 5) is 46.4. The van der Waals surface area contributed by atoms with Crippen molar-refractivity contribution in [2.45, 2.75) is 47.1 Å². The van der Waals surface area contributed by atoms with Gasteiger partial charge in [-0.3, -0.25) is 29.3 Å². The van der Waals surface area contributed by atoms with Gasteiger partial charge < -0.3 is 24.4 Å². The topological polar surface area (TPSA) is 233 Å². The lowest BCUT2D eigenvalue weighted by molar-refractivity contribution is -0.385. The van der Waals surface area contributed by atoms with E-state index in [0.29, 0.717) is 11.1 Å². The highest BCUT2D eigenvalue weighted by Gasteiger charge is 2.57. The van der Waals surface area contributed by atoms with E-state index in [4.69, 9.17) is 27.8 Å². The quantitative estimate of drug-likeness (QED) is 0.0572. The standard InChI is InChI=1S/C28H31Br2N2O15P/c1-42-25(35)19-15-22(33)24(34)23(16-19)46-28(26(29)30,27(36)43-2)47-48(41,44-13-11-17-3-7-20(8-4-17)31(37)38)45-14-12-18-5-9-21(10-6-18)32(39)40/h3-10,15,22-24,26,33-34H,11-14,16H2,1-2H3/t22-,23-,24-,28+/m1/s1. The molecule has 17 nitrogen and oxygen atoms in total. The zero-order valence-corrected chi connectivity index (χ0v) is 29.4. The number of nitrogens with zero attached hydrogens (tertiary/aromatic N) is 2. The third-order valence-electron chi connectivity index (χ3n) is 6.88. The minimum Gasteiger partial charge on any atom is -0.466 e. The van der Waals surface area contributed by atoms with Crippen LogP contribution in [0.1, 0.15) is 17.5 Å². The molecular weight excluding hydrogens is 795 g/mol. The number of ether oxygens (including phenoxy) is 3. The van der Waals surface area contributed by atoms with Crippen LogP contribution < -0.4 is 0 Å². The fourth-order valence-electron chi connectivity index (χ4n) is 4.35. The molecule has 48 heavy (non-hydrogen) atoms. The van der Waals surface area contributed by atoms with Gasteiger partial charge in [-0.15, -0.1) is 0 Å². The Morgan fingerprint density at radius 3 is 1.79 bits per heavy atom. The van der Waals surface area contributed by atoms with Gasteiger partial charge in [0.1, 0.15) is 15.9 Å². The molecule has 262 valence electrons. The Morgan fingerprint density at radius 1 is 0.917 bits per heavy atom. The predicted octanol–water partition coefficient (Wildman–Crippen LogP) is 4.04. The number of rotatable bonds is 17. The second-order valence-electron chi connectivity index (χ2n) is 10.0. The average Bonchev–Trinajstić information content (AvgIpc) is 3.05. The Labute approximate surface area is 290 Å². The number of hydrogen-bond acceptors (Lipinski definition) is 15. The number of nitro benzene ring substituents is 2. The molecule has 3 rings (SSSR count). The third kappa shape index (κ3) is 10.2. The lowest BCUT2D eigenvalue weighted by atomic mass is 9.92. The maximum Gasteiger partial charge on any atom is 0.477 e. The highest BCUT2D eigenvalue weighted by atomic mass is 79.9. The molecule has 2 N–H and O–H groups in total. The number of halogens is 2. The maximum atomic E-state index is 14.3. The second kappa shape index (κ2) is 17.5. The van der Waals surface area contributed by atoms with Gasteiger partial charge >= 0.3 is 25.5 Å². The average molecular weight is 826 g/mol. The molecule has 0 bridgehead atoms. The zero-order chi connectivity index (χ0) is 35.6. The smallest absolute Gasteiger partial charge is 0.466 e. The first kappa shape index (κ1) is 39.3. The Kier molecular flexibility index (Phi) is 14.3. The van der Waals surface area contributed by atoms with E-state index in [9.17, 15) is 44.6 Å². The molecule has 0 radical (unpaired) electrons. The number of esters is 2. The van der Waals surface area contributed by atoms with Crippen LogP contribution in [0.15, 0.2) is 60.2 Å². The van der Waals surface area contributed by atoms with Gasteiger partial charge in [-0.25, -0.2) is 18.7 Å². The summed E-state index contributed by atoms with van der Waals surface area (Å²) in [5, 5.41) is 43.1. The van der Waals surface area contributed by atoms with Gasteiger partial charge in [0.05, 0.1) is 43.4 Å². The number of carbonyl (C=O) groups excluding carboxylic acids is 2. The molecule has 0 unspecified atom stereocenters. The van der Waals surface area contributed by atoms with Gasteiger partial charge in [-0.1, -0.05) is 56.1 Å². The van der Waals surface area contributed by atoms with Crippen LogP contribution in [0.4, 0.5) is 11.4 Å². The summed E-state index contributed by atoms with van der Waals surface area (Å²) in [5.74, 6) is -4.90. The van der Waals surface area contributed by atoms with Crippen molar-refractivity contribution >= 4 is 63.0 Å². The van der Waals surface area contributed by atoms with E-state index in [-0.39, 0.29) is 49.4 Å². The summed E-state index contributed by atoms with van der Waals surface area (Å²) in [6.45, 7) is -0.724. The molecule has 2 aromatic carbocycles. The van der Waals surface area contributed by atoms with Crippen molar-refractivity contribution in [2.75, 3.05) is 27.4 Å². The first-order valence-corrected chi connectivity index (χ1v) is 17.2. The molecule has 4 atom stereocenters. The van der Waals surface area contributed by atoms with Gasteiger partial charge in [0.15, 0.2) is 0 Å². The molecular formula is C28H31Br2N2O15P. The van der Waals surface area contributed by atoms with Crippen LogP contribution in [0.3, 0.4) is 0 Å². The highest BCUT2D eigenvalue weighted by Crippen LogP contribution is 2.56. The van der Waals surface area contributed by atoms with Crippen molar-refractivity contribution in [1.82, 2.24) is 0 Å². The molecule has 20 heteroatoms. The number of phosphoric acid groups is 1. The van der Waals surface area contributed by atoms with Crippen LogP contribution in [-0.4, -0.2) is 87.3 Å². The molecule has 0 saturated carbocycles. The summed E-state index contributed by atoms with van der Waals surface area (Å²) >= 11 is 6.26. The zero-order valence-electron chi connectivity index (χ0n) is 25.3. The fourth-order valence-corrected chi connectivity index (χ4v) is 6.78. The van der Waals surface area contributed by atoms with E-state index in [1.54, 1.807) is 0 Å². The van der Waals surface area contributed by atoms with Crippen LogP contribution in [0, 0.1) is 20.2 Å². The van der Waals surface area contributed by atoms with Crippen molar-refractivity contribution in [3.05, 3.63) is 91.5 Å². The van der Waals surface area contributed by atoms with Crippen molar-refractivity contribution in [1.29, 1.82) is 0 Å². The van der Waals surface area contributed by atoms with Crippen LogP contribution in [-0.2, 0) is 54.8 Å². The number of non-ortho nitro benzene ring substituents is 2. The van der Waals surface area contributed by atoms with E-state index in [2.05, 4.69) is 31.9 Å². The number of hydrogen-bond donors (Lipinski definition) is 2. The van der Waals surface area contributed by atoms with Crippen molar-refractivity contribution in [3.8, 4) is 0 Å². The van der Waals surface area contributed by atoms with E-state index in [1.807, 2.05) is 0 Å². The summed E-state index contributed by atoms with van der Waals surface area (Å²) in [6.07, 6.45) is -4.11. The number of carbonyl (C=O) groups is 2. The first-order chi connectivity index (χ1) is 22.6. The lowest BCUT2D eigenvalue weighted by Gasteiger charge is -2.40. The Bertz CT molecular complexity index is 1470. The molecule has 1 aliphatic rings. The number of alkyl halides is 2. The monoisotopic (exact) mass is 824 g/mol. The molecule has 0 aliphatic heterocycles. The minimum absolute atomic E-state index is 0.0516. The van der Waals surface area contributed by atoms with Crippen LogP contribution in [0.25, 0.3) is 0 Å². The molecule has 2 aromatic rings. The molecule has 0 heterocycles. The van der Waals surface area contributed by atoms with Gasteiger partial charge in [-0.2, -0.15) is 0 Å². The number of phosphoric ester groups is 1. The van der Waals surface area contributed by atoms with Gasteiger partial charge in [0.25, 0.3) is 11.4 Å². The maximum absolute atomic E-state index is 14.3. The summed E-state index contributed by atoms with van der Waals surface area (Å²) in [5.41, 5.74) is 0.706. The van der Waals surface area contributed by atoms with Gasteiger partial charge in [0.2, 0.25) is 0 Å². The van der Waals surface area contributed by atoms with E-state index < -0.39 is 57.4 Å².